The number of halogens is 4. The number of benzene rings is 2. The van der Waals surface area contributed by atoms with Gasteiger partial charge >= 0.3 is 6.18 Å². The van der Waals surface area contributed by atoms with Crippen LogP contribution >= 0.6 is 11.6 Å². The Kier molecular flexibility index (Phi) is 6.46. The van der Waals surface area contributed by atoms with E-state index in [1.54, 1.807) is 24.3 Å². The van der Waals surface area contributed by atoms with E-state index in [2.05, 4.69) is 5.32 Å². The van der Waals surface area contributed by atoms with Crippen molar-refractivity contribution in [3.8, 4) is 5.75 Å². The Morgan fingerprint density at radius 2 is 1.81 bits per heavy atom. The molecule has 0 radical (unpaired) electrons. The summed E-state index contributed by atoms with van der Waals surface area (Å²) in [6, 6.07) is 9.51. The molecular weight excluding hydrogens is 385 g/mol. The van der Waals surface area contributed by atoms with Crippen LogP contribution in [0.5, 0.6) is 5.75 Å². The number of ether oxygens (including phenoxy) is 1. The summed E-state index contributed by atoms with van der Waals surface area (Å²) in [5.74, 6) is -0.790. The van der Waals surface area contributed by atoms with Gasteiger partial charge in [-0.15, -0.1) is 0 Å². The van der Waals surface area contributed by atoms with E-state index in [-0.39, 0.29) is 12.3 Å². The van der Waals surface area contributed by atoms with E-state index in [1.807, 2.05) is 0 Å². The van der Waals surface area contributed by atoms with Crippen molar-refractivity contribution in [1.29, 1.82) is 0 Å². The van der Waals surface area contributed by atoms with E-state index in [4.69, 9.17) is 22.1 Å². The lowest BCUT2D eigenvalue weighted by Gasteiger charge is -2.11. The van der Waals surface area contributed by atoms with E-state index in [0.29, 0.717) is 11.3 Å². The standard InChI is InChI=1S/C18H14ClF3N2O3/c19-15-7-4-12(9-14(15)18(20,21)22)24-17(26)8-3-11-1-5-13(6-2-11)27-10-16(23)25/h1-9H,10H2,(H2,23,25)(H,24,26)/b8-3+. The summed E-state index contributed by atoms with van der Waals surface area (Å²) in [7, 11) is 0. The summed E-state index contributed by atoms with van der Waals surface area (Å²) >= 11 is 5.53. The molecular formula is C18H14ClF3N2O3. The van der Waals surface area contributed by atoms with Crippen molar-refractivity contribution in [2.75, 3.05) is 11.9 Å². The van der Waals surface area contributed by atoms with Gasteiger partial charge in [-0.25, -0.2) is 0 Å². The lowest BCUT2D eigenvalue weighted by atomic mass is 10.2. The zero-order valence-corrected chi connectivity index (χ0v) is 14.5. The fourth-order valence-corrected chi connectivity index (χ4v) is 2.23. The fourth-order valence-electron chi connectivity index (χ4n) is 2.01. The molecule has 0 saturated heterocycles. The first-order chi connectivity index (χ1) is 12.6. The second kappa shape index (κ2) is 8.59. The Morgan fingerprint density at radius 1 is 1.15 bits per heavy atom. The van der Waals surface area contributed by atoms with Crippen molar-refractivity contribution in [3.63, 3.8) is 0 Å². The van der Waals surface area contributed by atoms with Gasteiger partial charge in [0.05, 0.1) is 10.6 Å². The maximum absolute atomic E-state index is 12.8. The highest BCUT2D eigenvalue weighted by molar-refractivity contribution is 6.31. The third-order valence-electron chi connectivity index (χ3n) is 3.23. The maximum atomic E-state index is 12.8. The number of alkyl halides is 3. The molecule has 0 fully saturated rings. The molecule has 2 amide bonds. The molecule has 0 aromatic heterocycles. The second-order valence-electron chi connectivity index (χ2n) is 5.34. The van der Waals surface area contributed by atoms with Crippen LogP contribution in [0.15, 0.2) is 48.5 Å². The number of primary amides is 1. The maximum Gasteiger partial charge on any atom is 0.417 e. The van der Waals surface area contributed by atoms with E-state index < -0.39 is 28.6 Å². The number of anilines is 1. The third kappa shape index (κ3) is 6.34. The second-order valence-corrected chi connectivity index (χ2v) is 5.75. The van der Waals surface area contributed by atoms with Crippen molar-refractivity contribution < 1.29 is 27.5 Å². The Labute approximate surface area is 157 Å². The number of nitrogens with two attached hydrogens (primary N) is 1. The van der Waals surface area contributed by atoms with Crippen molar-refractivity contribution in [1.82, 2.24) is 0 Å². The van der Waals surface area contributed by atoms with Crippen LogP contribution in [0.3, 0.4) is 0 Å². The molecule has 0 aliphatic heterocycles. The molecule has 5 nitrogen and oxygen atoms in total. The van der Waals surface area contributed by atoms with Gasteiger partial charge in [0.1, 0.15) is 5.75 Å². The topological polar surface area (TPSA) is 81.4 Å². The highest BCUT2D eigenvalue weighted by atomic mass is 35.5. The molecule has 0 aliphatic carbocycles. The average Bonchev–Trinajstić information content (AvgIpc) is 2.59. The Balaban J connectivity index is 2.00. The lowest BCUT2D eigenvalue weighted by Crippen LogP contribution is -2.19. The Hall–Kier alpha value is -3.00. The predicted molar refractivity (Wildman–Crippen MR) is 95.2 cm³/mol. The molecule has 2 aromatic carbocycles. The SMILES string of the molecule is NC(=O)COc1ccc(/C=C/C(=O)Nc2ccc(Cl)c(C(F)(F)F)c2)cc1. The van der Waals surface area contributed by atoms with Crippen LogP contribution in [-0.2, 0) is 15.8 Å². The summed E-state index contributed by atoms with van der Waals surface area (Å²) in [5, 5.41) is 1.89. The molecule has 2 aromatic rings. The van der Waals surface area contributed by atoms with Crippen molar-refractivity contribution in [2.45, 2.75) is 6.18 Å². The van der Waals surface area contributed by atoms with Crippen LogP contribution in [0.4, 0.5) is 18.9 Å². The molecule has 142 valence electrons. The number of rotatable bonds is 6. The minimum Gasteiger partial charge on any atom is -0.484 e. The number of nitrogens with one attached hydrogen (secondary N) is 1. The van der Waals surface area contributed by atoms with Crippen LogP contribution < -0.4 is 15.8 Å². The van der Waals surface area contributed by atoms with Gasteiger partial charge in [0.15, 0.2) is 6.61 Å². The van der Waals surface area contributed by atoms with Gasteiger partial charge in [-0.05, 0) is 42.0 Å². The minimum absolute atomic E-state index is 0.0309. The van der Waals surface area contributed by atoms with E-state index in [1.165, 1.54) is 18.2 Å². The first-order valence-corrected chi connectivity index (χ1v) is 7.90. The van der Waals surface area contributed by atoms with Crippen LogP contribution in [0, 0.1) is 0 Å². The normalized spacial score (nSPS) is 11.4. The van der Waals surface area contributed by atoms with E-state index in [0.717, 1.165) is 12.1 Å². The van der Waals surface area contributed by atoms with Crippen molar-refractivity contribution in [3.05, 3.63) is 64.7 Å². The number of carbonyl (C=O) groups excluding carboxylic acids is 2. The van der Waals surface area contributed by atoms with Gasteiger partial charge in [-0.1, -0.05) is 23.7 Å². The summed E-state index contributed by atoms with van der Waals surface area (Å²) in [5.41, 5.74) is 4.55. The lowest BCUT2D eigenvalue weighted by molar-refractivity contribution is -0.137. The summed E-state index contributed by atoms with van der Waals surface area (Å²) in [6.45, 7) is -0.251. The van der Waals surface area contributed by atoms with Crippen molar-refractivity contribution >= 4 is 35.2 Å². The van der Waals surface area contributed by atoms with Crippen LogP contribution in [0.2, 0.25) is 5.02 Å². The number of hydrogen-bond acceptors (Lipinski definition) is 3. The Morgan fingerprint density at radius 3 is 2.41 bits per heavy atom. The van der Waals surface area contributed by atoms with Gasteiger partial charge in [0.25, 0.3) is 5.91 Å². The first-order valence-electron chi connectivity index (χ1n) is 7.52. The van der Waals surface area contributed by atoms with Crippen LogP contribution in [0.1, 0.15) is 11.1 Å². The molecule has 0 unspecified atom stereocenters. The fraction of sp³-hybridized carbons (Fsp3) is 0.111. The van der Waals surface area contributed by atoms with Crippen LogP contribution in [-0.4, -0.2) is 18.4 Å². The highest BCUT2D eigenvalue weighted by Crippen LogP contribution is 2.36. The average molecular weight is 399 g/mol. The molecule has 0 spiro atoms. The monoisotopic (exact) mass is 398 g/mol. The number of carbonyl (C=O) groups is 2. The largest absolute Gasteiger partial charge is 0.484 e. The van der Waals surface area contributed by atoms with Gasteiger partial charge < -0.3 is 15.8 Å². The molecule has 27 heavy (non-hydrogen) atoms. The third-order valence-corrected chi connectivity index (χ3v) is 3.56. The van der Waals surface area contributed by atoms with Crippen molar-refractivity contribution in [2.24, 2.45) is 5.73 Å². The van der Waals surface area contributed by atoms with Gasteiger partial charge in [-0.2, -0.15) is 13.2 Å². The van der Waals surface area contributed by atoms with E-state index in [9.17, 15) is 22.8 Å². The quantitative estimate of drug-likeness (QED) is 0.725. The highest BCUT2D eigenvalue weighted by Gasteiger charge is 2.33. The zero-order valence-electron chi connectivity index (χ0n) is 13.7. The molecule has 0 bridgehead atoms. The summed E-state index contributed by atoms with van der Waals surface area (Å²) < 4.78 is 43.6. The molecule has 0 saturated carbocycles. The predicted octanol–water partition coefficient (Wildman–Crippen LogP) is 3.87. The molecule has 0 heterocycles. The van der Waals surface area contributed by atoms with Gasteiger partial charge in [-0.3, -0.25) is 9.59 Å². The number of hydrogen-bond donors (Lipinski definition) is 2. The van der Waals surface area contributed by atoms with E-state index >= 15 is 0 Å². The molecule has 2 rings (SSSR count). The first kappa shape index (κ1) is 20.3. The zero-order chi connectivity index (χ0) is 20.0. The summed E-state index contributed by atoms with van der Waals surface area (Å²) in [6.07, 6.45) is -1.99. The minimum atomic E-state index is -4.62. The molecule has 0 aliphatic rings. The Bertz CT molecular complexity index is 865. The summed E-state index contributed by atoms with van der Waals surface area (Å²) in [4.78, 5) is 22.5. The molecule has 9 heteroatoms. The van der Waals surface area contributed by atoms with Gasteiger partial charge in [0, 0.05) is 11.8 Å². The van der Waals surface area contributed by atoms with Gasteiger partial charge in [0.2, 0.25) is 5.91 Å². The molecule has 3 N–H and O–H groups in total. The molecule has 0 atom stereocenters. The number of amides is 2. The van der Waals surface area contributed by atoms with Crippen LogP contribution in [0.25, 0.3) is 6.08 Å². The smallest absolute Gasteiger partial charge is 0.417 e.